The summed E-state index contributed by atoms with van der Waals surface area (Å²) in [6.07, 6.45) is -0.696. The molecule has 0 aliphatic heterocycles. The molecule has 3 heteroatoms. The van der Waals surface area contributed by atoms with Gasteiger partial charge in [-0.05, 0) is 42.7 Å². The number of furan rings is 1. The standard InChI is InChI=1S/C18H20O2S/c1-11-5-6-13-12(9-11)10-14(20-13)17(19)15-7-8-16(21-15)18(2,3)4/h5-10,17,19H,1-4H3. The summed E-state index contributed by atoms with van der Waals surface area (Å²) < 4.78 is 5.79. The third-order valence-corrected chi connectivity index (χ3v) is 5.16. The number of benzene rings is 1. The summed E-state index contributed by atoms with van der Waals surface area (Å²) >= 11 is 1.65. The van der Waals surface area contributed by atoms with Crippen molar-refractivity contribution in [3.05, 3.63) is 57.5 Å². The van der Waals surface area contributed by atoms with E-state index in [1.54, 1.807) is 11.3 Å². The van der Waals surface area contributed by atoms with Gasteiger partial charge in [-0.25, -0.2) is 0 Å². The van der Waals surface area contributed by atoms with Gasteiger partial charge in [0.2, 0.25) is 0 Å². The maximum Gasteiger partial charge on any atom is 0.146 e. The van der Waals surface area contributed by atoms with E-state index in [1.165, 1.54) is 10.4 Å². The van der Waals surface area contributed by atoms with Crippen LogP contribution < -0.4 is 0 Å². The van der Waals surface area contributed by atoms with E-state index in [0.717, 1.165) is 15.8 Å². The predicted octanol–water partition coefficient (Wildman–Crippen LogP) is 5.18. The SMILES string of the molecule is Cc1ccc2oc(C(O)c3ccc(C(C)(C)C)s3)cc2c1. The molecule has 2 nitrogen and oxygen atoms in total. The molecule has 2 aromatic heterocycles. The molecule has 1 aromatic carbocycles. The predicted molar refractivity (Wildman–Crippen MR) is 88.0 cm³/mol. The number of fused-ring (bicyclic) bond motifs is 1. The van der Waals surface area contributed by atoms with Gasteiger partial charge in [-0.15, -0.1) is 11.3 Å². The van der Waals surface area contributed by atoms with Crippen molar-refractivity contribution < 1.29 is 9.52 Å². The van der Waals surface area contributed by atoms with Gasteiger partial charge in [0.25, 0.3) is 0 Å². The van der Waals surface area contributed by atoms with Gasteiger partial charge in [0, 0.05) is 15.1 Å². The Labute approximate surface area is 129 Å². The monoisotopic (exact) mass is 300 g/mol. The van der Waals surface area contributed by atoms with Gasteiger partial charge in [0.05, 0.1) is 0 Å². The van der Waals surface area contributed by atoms with Crippen LogP contribution in [0.4, 0.5) is 0 Å². The maximum absolute atomic E-state index is 10.6. The lowest BCUT2D eigenvalue weighted by Gasteiger charge is -2.15. The third-order valence-electron chi connectivity index (χ3n) is 3.60. The Bertz CT molecular complexity index is 774. The first-order valence-corrected chi connectivity index (χ1v) is 7.94. The smallest absolute Gasteiger partial charge is 0.146 e. The summed E-state index contributed by atoms with van der Waals surface area (Å²) in [5.74, 6) is 0.609. The Morgan fingerprint density at radius 3 is 2.52 bits per heavy atom. The minimum Gasteiger partial charge on any atom is -0.458 e. The Kier molecular flexibility index (Phi) is 3.42. The van der Waals surface area contributed by atoms with Crippen molar-refractivity contribution in [1.29, 1.82) is 0 Å². The lowest BCUT2D eigenvalue weighted by molar-refractivity contribution is 0.196. The van der Waals surface area contributed by atoms with Gasteiger partial charge >= 0.3 is 0 Å². The second kappa shape index (κ2) is 5.00. The van der Waals surface area contributed by atoms with Crippen molar-refractivity contribution in [3.8, 4) is 0 Å². The average molecular weight is 300 g/mol. The zero-order valence-electron chi connectivity index (χ0n) is 12.8. The minimum atomic E-state index is -0.696. The Morgan fingerprint density at radius 2 is 1.86 bits per heavy atom. The fourth-order valence-corrected chi connectivity index (χ4v) is 3.42. The molecule has 0 amide bonds. The average Bonchev–Trinajstić information content (AvgIpc) is 3.03. The van der Waals surface area contributed by atoms with Crippen molar-refractivity contribution in [2.75, 3.05) is 0 Å². The normalized spacial score (nSPS) is 13.8. The molecule has 0 saturated carbocycles. The van der Waals surface area contributed by atoms with Crippen LogP contribution in [0.3, 0.4) is 0 Å². The molecule has 0 radical (unpaired) electrons. The van der Waals surface area contributed by atoms with Gasteiger partial charge in [0.15, 0.2) is 0 Å². The van der Waals surface area contributed by atoms with E-state index in [2.05, 4.69) is 39.8 Å². The first-order chi connectivity index (χ1) is 9.84. The summed E-state index contributed by atoms with van der Waals surface area (Å²) in [4.78, 5) is 2.19. The summed E-state index contributed by atoms with van der Waals surface area (Å²) in [6.45, 7) is 8.59. The number of aliphatic hydroxyl groups is 1. The van der Waals surface area contributed by atoms with E-state index in [0.29, 0.717) is 5.76 Å². The lowest BCUT2D eigenvalue weighted by Crippen LogP contribution is -2.07. The van der Waals surface area contributed by atoms with Gasteiger partial charge < -0.3 is 9.52 Å². The summed E-state index contributed by atoms with van der Waals surface area (Å²) in [6, 6.07) is 12.1. The summed E-state index contributed by atoms with van der Waals surface area (Å²) in [5, 5.41) is 11.6. The van der Waals surface area contributed by atoms with Crippen molar-refractivity contribution in [3.63, 3.8) is 0 Å². The van der Waals surface area contributed by atoms with Crippen LogP contribution in [0.2, 0.25) is 0 Å². The number of rotatable bonds is 2. The van der Waals surface area contributed by atoms with Crippen LogP contribution in [-0.4, -0.2) is 5.11 Å². The zero-order valence-corrected chi connectivity index (χ0v) is 13.6. The zero-order chi connectivity index (χ0) is 15.2. The molecule has 3 aromatic rings. The van der Waals surface area contributed by atoms with Crippen LogP contribution in [0.5, 0.6) is 0 Å². The van der Waals surface area contributed by atoms with Crippen LogP contribution >= 0.6 is 11.3 Å². The van der Waals surface area contributed by atoms with Gasteiger partial charge in [-0.1, -0.05) is 32.4 Å². The number of aliphatic hydroxyl groups excluding tert-OH is 1. The fourth-order valence-electron chi connectivity index (χ4n) is 2.36. The largest absolute Gasteiger partial charge is 0.458 e. The van der Waals surface area contributed by atoms with Crippen LogP contribution in [0.25, 0.3) is 11.0 Å². The molecule has 1 atom stereocenters. The number of aryl methyl sites for hydroxylation is 1. The van der Waals surface area contributed by atoms with E-state index < -0.39 is 6.10 Å². The van der Waals surface area contributed by atoms with Gasteiger partial charge in [-0.3, -0.25) is 0 Å². The van der Waals surface area contributed by atoms with E-state index in [4.69, 9.17) is 4.42 Å². The van der Waals surface area contributed by atoms with E-state index >= 15 is 0 Å². The topological polar surface area (TPSA) is 33.4 Å². The van der Waals surface area contributed by atoms with Gasteiger partial charge in [-0.2, -0.15) is 0 Å². The van der Waals surface area contributed by atoms with Crippen LogP contribution in [-0.2, 0) is 5.41 Å². The number of hydrogen-bond donors (Lipinski definition) is 1. The lowest BCUT2D eigenvalue weighted by atomic mass is 9.95. The summed E-state index contributed by atoms with van der Waals surface area (Å²) in [5.41, 5.74) is 2.12. The molecule has 0 spiro atoms. The van der Waals surface area contributed by atoms with Gasteiger partial charge in [0.1, 0.15) is 17.4 Å². The van der Waals surface area contributed by atoms with Crippen molar-refractivity contribution >= 4 is 22.3 Å². The van der Waals surface area contributed by atoms with Crippen molar-refractivity contribution in [2.24, 2.45) is 0 Å². The molecule has 2 heterocycles. The Balaban J connectivity index is 1.96. The minimum absolute atomic E-state index is 0.105. The first-order valence-electron chi connectivity index (χ1n) is 7.13. The highest BCUT2D eigenvalue weighted by Gasteiger charge is 2.21. The fraction of sp³-hybridized carbons (Fsp3) is 0.333. The highest BCUT2D eigenvalue weighted by atomic mass is 32.1. The highest BCUT2D eigenvalue weighted by molar-refractivity contribution is 7.12. The van der Waals surface area contributed by atoms with E-state index in [9.17, 15) is 5.11 Å². The molecule has 0 aliphatic carbocycles. The van der Waals surface area contributed by atoms with E-state index in [-0.39, 0.29) is 5.41 Å². The third kappa shape index (κ3) is 2.76. The first kappa shape index (κ1) is 14.4. The molecule has 110 valence electrons. The Hall–Kier alpha value is -1.58. The molecule has 0 fully saturated rings. The molecule has 21 heavy (non-hydrogen) atoms. The Morgan fingerprint density at radius 1 is 1.10 bits per heavy atom. The van der Waals surface area contributed by atoms with E-state index in [1.807, 2.05) is 24.3 Å². The highest BCUT2D eigenvalue weighted by Crippen LogP contribution is 2.36. The van der Waals surface area contributed by atoms with Crippen molar-refractivity contribution in [2.45, 2.75) is 39.2 Å². The molecular formula is C18H20O2S. The maximum atomic E-state index is 10.6. The number of hydrogen-bond acceptors (Lipinski definition) is 3. The van der Waals surface area contributed by atoms with Crippen LogP contribution in [0.1, 0.15) is 48.0 Å². The molecule has 0 saturated heterocycles. The molecule has 1 N–H and O–H groups in total. The molecule has 1 unspecified atom stereocenters. The molecule has 3 rings (SSSR count). The van der Waals surface area contributed by atoms with Crippen LogP contribution in [0, 0.1) is 6.92 Å². The molecule has 0 aliphatic rings. The summed E-state index contributed by atoms with van der Waals surface area (Å²) in [7, 11) is 0. The quantitative estimate of drug-likeness (QED) is 0.707. The molecule has 0 bridgehead atoms. The second-order valence-corrected chi connectivity index (χ2v) is 7.66. The molecular weight excluding hydrogens is 280 g/mol. The van der Waals surface area contributed by atoms with Crippen molar-refractivity contribution in [1.82, 2.24) is 0 Å². The second-order valence-electron chi connectivity index (χ2n) is 6.54. The number of thiophene rings is 1. The van der Waals surface area contributed by atoms with Crippen LogP contribution in [0.15, 0.2) is 40.8 Å².